The Balaban J connectivity index is 1.33. The number of methoxy groups -OCH3 is 1. The molecule has 0 radical (unpaired) electrons. The Morgan fingerprint density at radius 2 is 1.64 bits per heavy atom. The molecule has 2 saturated heterocycles. The summed E-state index contributed by atoms with van der Waals surface area (Å²) in [7, 11) is 1.65. The monoisotopic (exact) mass is 452 g/mol. The summed E-state index contributed by atoms with van der Waals surface area (Å²) in [6, 6.07) is 15.5. The molecule has 33 heavy (non-hydrogen) atoms. The Morgan fingerprint density at radius 3 is 2.30 bits per heavy atom. The van der Waals surface area contributed by atoms with Gasteiger partial charge in [0.1, 0.15) is 11.5 Å². The fourth-order valence-electron chi connectivity index (χ4n) is 4.82. The van der Waals surface area contributed by atoms with Gasteiger partial charge in [0.05, 0.1) is 19.1 Å². The molecule has 2 fully saturated rings. The van der Waals surface area contributed by atoms with Crippen molar-refractivity contribution in [2.75, 3.05) is 51.9 Å². The van der Waals surface area contributed by atoms with Crippen molar-refractivity contribution in [2.45, 2.75) is 43.9 Å². The fourth-order valence-corrected chi connectivity index (χ4v) is 4.82. The minimum atomic E-state index is -0.603. The summed E-state index contributed by atoms with van der Waals surface area (Å²) >= 11 is 0. The van der Waals surface area contributed by atoms with Crippen molar-refractivity contribution in [2.24, 2.45) is 0 Å². The van der Waals surface area contributed by atoms with Crippen LogP contribution in [-0.2, 0) is 14.9 Å². The summed E-state index contributed by atoms with van der Waals surface area (Å²) in [5.74, 6) is 1.63. The lowest BCUT2D eigenvalue weighted by atomic mass is 9.73. The van der Waals surface area contributed by atoms with E-state index in [1.54, 1.807) is 7.11 Å². The molecule has 2 aliphatic heterocycles. The topological polar surface area (TPSA) is 60.0 Å². The predicted molar refractivity (Wildman–Crippen MR) is 130 cm³/mol. The van der Waals surface area contributed by atoms with Crippen LogP contribution < -0.4 is 14.8 Å². The summed E-state index contributed by atoms with van der Waals surface area (Å²) in [5.41, 5.74) is 1.17. The van der Waals surface area contributed by atoms with E-state index in [4.69, 9.17) is 14.2 Å². The first-order chi connectivity index (χ1) is 16.2. The van der Waals surface area contributed by atoms with Gasteiger partial charge in [0, 0.05) is 25.4 Å². The van der Waals surface area contributed by atoms with Gasteiger partial charge in [-0.15, -0.1) is 0 Å². The molecule has 0 aliphatic carbocycles. The Hall–Kier alpha value is -2.57. The lowest BCUT2D eigenvalue weighted by Crippen LogP contribution is -2.44. The number of nitrogens with zero attached hydrogens (tertiary/aromatic N) is 1. The van der Waals surface area contributed by atoms with Crippen molar-refractivity contribution in [3.8, 4) is 11.5 Å². The van der Waals surface area contributed by atoms with Gasteiger partial charge in [-0.1, -0.05) is 18.6 Å². The van der Waals surface area contributed by atoms with Crippen LogP contribution in [0.5, 0.6) is 11.5 Å². The lowest BCUT2D eigenvalue weighted by Gasteiger charge is -2.36. The average Bonchev–Trinajstić information content (AvgIpc) is 2.88. The number of likely N-dealkylation sites (tertiary alicyclic amines) is 1. The second kappa shape index (κ2) is 11.5. The Labute approximate surface area is 197 Å². The quantitative estimate of drug-likeness (QED) is 0.562. The smallest absolute Gasteiger partial charge is 0.235 e. The molecule has 0 bridgehead atoms. The van der Waals surface area contributed by atoms with Gasteiger partial charge in [0.15, 0.2) is 0 Å². The second-order valence-corrected chi connectivity index (χ2v) is 9.01. The van der Waals surface area contributed by atoms with Crippen molar-refractivity contribution in [3.63, 3.8) is 0 Å². The van der Waals surface area contributed by atoms with E-state index >= 15 is 0 Å². The summed E-state index contributed by atoms with van der Waals surface area (Å²) in [4.78, 5) is 16.0. The van der Waals surface area contributed by atoms with E-state index in [1.165, 1.54) is 32.4 Å². The Morgan fingerprint density at radius 1 is 0.970 bits per heavy atom. The van der Waals surface area contributed by atoms with E-state index in [1.807, 2.05) is 48.5 Å². The molecule has 178 valence electrons. The van der Waals surface area contributed by atoms with Crippen molar-refractivity contribution in [1.82, 2.24) is 4.90 Å². The number of ether oxygens (including phenoxy) is 3. The molecule has 0 atom stereocenters. The molecule has 2 aromatic carbocycles. The van der Waals surface area contributed by atoms with Gasteiger partial charge >= 0.3 is 0 Å². The van der Waals surface area contributed by atoms with Crippen molar-refractivity contribution >= 4 is 11.6 Å². The summed E-state index contributed by atoms with van der Waals surface area (Å²) < 4.78 is 16.8. The van der Waals surface area contributed by atoms with Gasteiger partial charge in [0.25, 0.3) is 0 Å². The number of anilines is 1. The number of rotatable bonds is 9. The van der Waals surface area contributed by atoms with Gasteiger partial charge in [0.2, 0.25) is 5.91 Å². The highest BCUT2D eigenvalue weighted by Gasteiger charge is 2.41. The molecule has 4 rings (SSSR count). The third-order valence-corrected chi connectivity index (χ3v) is 6.87. The molecular formula is C27H36N2O4. The molecule has 1 N–H and O–H groups in total. The number of carbonyl (C=O) groups is 1. The highest BCUT2D eigenvalue weighted by Crippen LogP contribution is 2.37. The zero-order chi connectivity index (χ0) is 22.9. The molecule has 0 aromatic heterocycles. The van der Waals surface area contributed by atoms with Crippen LogP contribution in [0.4, 0.5) is 5.69 Å². The molecular weight excluding hydrogens is 416 g/mol. The van der Waals surface area contributed by atoms with E-state index in [0.717, 1.165) is 35.7 Å². The maximum absolute atomic E-state index is 13.5. The van der Waals surface area contributed by atoms with E-state index in [0.29, 0.717) is 32.7 Å². The Kier molecular flexibility index (Phi) is 8.24. The average molecular weight is 453 g/mol. The second-order valence-electron chi connectivity index (χ2n) is 9.01. The number of carbonyl (C=O) groups excluding carboxylic acids is 1. The molecule has 2 heterocycles. The van der Waals surface area contributed by atoms with Crippen LogP contribution in [0.15, 0.2) is 48.5 Å². The van der Waals surface area contributed by atoms with Gasteiger partial charge in [-0.3, -0.25) is 4.79 Å². The third-order valence-electron chi connectivity index (χ3n) is 6.87. The van der Waals surface area contributed by atoms with Crippen LogP contribution in [0.2, 0.25) is 0 Å². The number of benzene rings is 2. The first-order valence-corrected chi connectivity index (χ1v) is 12.2. The summed E-state index contributed by atoms with van der Waals surface area (Å²) in [5, 5.41) is 3.13. The molecule has 6 nitrogen and oxygen atoms in total. The maximum atomic E-state index is 13.5. The minimum absolute atomic E-state index is 0.00571. The van der Waals surface area contributed by atoms with E-state index < -0.39 is 5.41 Å². The standard InChI is InChI=1S/C27H36N2O4/c1-31-24-10-6-22(7-11-24)27(14-20-32-21-15-27)26(30)28-23-8-12-25(13-9-23)33-19-5-18-29-16-3-2-4-17-29/h6-13H,2-5,14-21H2,1H3,(H,28,30). The van der Waals surface area contributed by atoms with Crippen LogP contribution >= 0.6 is 0 Å². The maximum Gasteiger partial charge on any atom is 0.235 e. The van der Waals surface area contributed by atoms with Crippen LogP contribution in [0.3, 0.4) is 0 Å². The SMILES string of the molecule is COc1ccc(C2(C(=O)Nc3ccc(OCCCN4CCCCC4)cc3)CCOCC2)cc1. The predicted octanol–water partition coefficient (Wildman–Crippen LogP) is 4.64. The molecule has 2 aliphatic rings. The molecule has 1 amide bonds. The van der Waals surface area contributed by atoms with Gasteiger partial charge in [-0.2, -0.15) is 0 Å². The van der Waals surface area contributed by atoms with Crippen molar-refractivity contribution in [1.29, 1.82) is 0 Å². The highest BCUT2D eigenvalue weighted by molar-refractivity contribution is 5.99. The van der Waals surface area contributed by atoms with Crippen LogP contribution in [0.25, 0.3) is 0 Å². The number of hydrogen-bond acceptors (Lipinski definition) is 5. The molecule has 2 aromatic rings. The molecule has 0 saturated carbocycles. The number of nitrogens with one attached hydrogen (secondary N) is 1. The lowest BCUT2D eigenvalue weighted by molar-refractivity contribution is -0.125. The first kappa shape index (κ1) is 23.6. The molecule has 0 unspecified atom stereocenters. The number of amides is 1. The van der Waals surface area contributed by atoms with Crippen molar-refractivity contribution < 1.29 is 19.0 Å². The summed E-state index contributed by atoms with van der Waals surface area (Å²) in [6.07, 6.45) is 6.35. The highest BCUT2D eigenvalue weighted by atomic mass is 16.5. The molecule has 6 heteroatoms. The van der Waals surface area contributed by atoms with Crippen LogP contribution in [-0.4, -0.2) is 57.4 Å². The Bertz CT molecular complexity index is 870. The number of hydrogen-bond donors (Lipinski definition) is 1. The van der Waals surface area contributed by atoms with Crippen LogP contribution in [0, 0.1) is 0 Å². The fraction of sp³-hybridized carbons (Fsp3) is 0.519. The van der Waals surface area contributed by atoms with E-state index in [9.17, 15) is 4.79 Å². The van der Waals surface area contributed by atoms with Gasteiger partial charge in [-0.05, 0) is 87.2 Å². The normalized spacial score (nSPS) is 18.5. The van der Waals surface area contributed by atoms with Crippen LogP contribution in [0.1, 0.15) is 44.1 Å². The minimum Gasteiger partial charge on any atom is -0.497 e. The zero-order valence-electron chi connectivity index (χ0n) is 19.7. The first-order valence-electron chi connectivity index (χ1n) is 12.2. The van der Waals surface area contributed by atoms with E-state index in [2.05, 4.69) is 10.2 Å². The van der Waals surface area contributed by atoms with E-state index in [-0.39, 0.29) is 5.91 Å². The summed E-state index contributed by atoms with van der Waals surface area (Å²) in [6.45, 7) is 5.40. The van der Waals surface area contributed by atoms with Gasteiger partial charge in [-0.25, -0.2) is 0 Å². The third kappa shape index (κ3) is 6.06. The molecule has 0 spiro atoms. The largest absolute Gasteiger partial charge is 0.497 e. The van der Waals surface area contributed by atoms with Crippen molar-refractivity contribution in [3.05, 3.63) is 54.1 Å². The van der Waals surface area contributed by atoms with Gasteiger partial charge < -0.3 is 24.4 Å². The zero-order valence-corrected chi connectivity index (χ0v) is 19.7. The number of piperidine rings is 1.